The Morgan fingerprint density at radius 2 is 2.20 bits per heavy atom. The summed E-state index contributed by atoms with van der Waals surface area (Å²) in [5.74, 6) is 1.25. The largest absolute Gasteiger partial charge is 0.352 e. The zero-order valence-corrected chi connectivity index (χ0v) is 12.9. The van der Waals surface area contributed by atoms with Gasteiger partial charge in [0.15, 0.2) is 5.16 Å². The van der Waals surface area contributed by atoms with Gasteiger partial charge in [-0.15, -0.1) is 0 Å². The summed E-state index contributed by atoms with van der Waals surface area (Å²) < 4.78 is 2.21. The fourth-order valence-corrected chi connectivity index (χ4v) is 3.79. The first-order valence-electron chi connectivity index (χ1n) is 7.69. The summed E-state index contributed by atoms with van der Waals surface area (Å²) in [4.78, 5) is 16.4. The van der Waals surface area contributed by atoms with Gasteiger partial charge in [0, 0.05) is 24.5 Å². The number of rotatable bonds is 5. The van der Waals surface area contributed by atoms with Crippen molar-refractivity contribution in [2.75, 3.05) is 5.75 Å². The van der Waals surface area contributed by atoms with E-state index in [0.717, 1.165) is 11.6 Å². The summed E-state index contributed by atoms with van der Waals surface area (Å²) in [6, 6.07) is 1.00. The van der Waals surface area contributed by atoms with Crippen molar-refractivity contribution in [1.29, 1.82) is 0 Å². The van der Waals surface area contributed by atoms with Crippen molar-refractivity contribution < 1.29 is 4.79 Å². The SMILES string of the molecule is CC1CCCCC1NC(=O)CSc1nccn1C1CC1. The van der Waals surface area contributed by atoms with Crippen LogP contribution in [0.4, 0.5) is 0 Å². The zero-order chi connectivity index (χ0) is 13.9. The third kappa shape index (κ3) is 3.37. The number of carbonyl (C=O) groups is 1. The summed E-state index contributed by atoms with van der Waals surface area (Å²) in [7, 11) is 0. The van der Waals surface area contributed by atoms with Crippen LogP contribution in [-0.4, -0.2) is 27.3 Å². The number of hydrogen-bond donors (Lipinski definition) is 1. The number of nitrogens with zero attached hydrogens (tertiary/aromatic N) is 2. The molecular formula is C15H23N3OS. The van der Waals surface area contributed by atoms with Crippen LogP contribution in [0, 0.1) is 5.92 Å². The van der Waals surface area contributed by atoms with E-state index in [-0.39, 0.29) is 5.91 Å². The van der Waals surface area contributed by atoms with Gasteiger partial charge in [-0.3, -0.25) is 4.79 Å². The van der Waals surface area contributed by atoms with Crippen LogP contribution in [-0.2, 0) is 4.79 Å². The number of thioether (sulfide) groups is 1. The number of aromatic nitrogens is 2. The summed E-state index contributed by atoms with van der Waals surface area (Å²) in [6.45, 7) is 2.25. The Labute approximate surface area is 124 Å². The van der Waals surface area contributed by atoms with Crippen LogP contribution in [0.25, 0.3) is 0 Å². The molecule has 20 heavy (non-hydrogen) atoms. The second-order valence-electron chi connectivity index (χ2n) is 6.07. The second kappa shape index (κ2) is 6.20. The number of carbonyl (C=O) groups excluding carboxylic acids is 1. The highest BCUT2D eigenvalue weighted by atomic mass is 32.2. The van der Waals surface area contributed by atoms with Crippen molar-refractivity contribution in [1.82, 2.24) is 14.9 Å². The van der Waals surface area contributed by atoms with E-state index >= 15 is 0 Å². The Morgan fingerprint density at radius 1 is 1.40 bits per heavy atom. The highest BCUT2D eigenvalue weighted by molar-refractivity contribution is 7.99. The Morgan fingerprint density at radius 3 is 2.95 bits per heavy atom. The number of nitrogens with one attached hydrogen (secondary N) is 1. The van der Waals surface area contributed by atoms with Crippen molar-refractivity contribution in [3.63, 3.8) is 0 Å². The van der Waals surface area contributed by atoms with Gasteiger partial charge in [0.2, 0.25) is 5.91 Å². The molecule has 0 radical (unpaired) electrons. The molecule has 3 rings (SSSR count). The third-order valence-corrected chi connectivity index (χ3v) is 5.34. The van der Waals surface area contributed by atoms with Crippen LogP contribution in [0.1, 0.15) is 51.5 Å². The van der Waals surface area contributed by atoms with E-state index in [9.17, 15) is 4.79 Å². The summed E-state index contributed by atoms with van der Waals surface area (Å²) in [5, 5.41) is 4.18. The molecule has 0 aliphatic heterocycles. The Hall–Kier alpha value is -0.970. The smallest absolute Gasteiger partial charge is 0.230 e. The molecule has 5 heteroatoms. The van der Waals surface area contributed by atoms with Gasteiger partial charge in [0.05, 0.1) is 5.75 Å². The normalized spacial score (nSPS) is 26.4. The fourth-order valence-electron chi connectivity index (χ4n) is 2.95. The maximum Gasteiger partial charge on any atom is 0.230 e. The van der Waals surface area contributed by atoms with E-state index < -0.39 is 0 Å². The first-order valence-corrected chi connectivity index (χ1v) is 8.67. The molecule has 0 bridgehead atoms. The molecule has 1 aromatic heterocycles. The van der Waals surface area contributed by atoms with Gasteiger partial charge in [0.25, 0.3) is 0 Å². The summed E-state index contributed by atoms with van der Waals surface area (Å²) >= 11 is 1.56. The van der Waals surface area contributed by atoms with Crippen LogP contribution in [0.2, 0.25) is 0 Å². The van der Waals surface area contributed by atoms with Gasteiger partial charge < -0.3 is 9.88 Å². The maximum absolute atomic E-state index is 12.1. The molecule has 0 saturated heterocycles. The van der Waals surface area contributed by atoms with Crippen molar-refractivity contribution in [3.8, 4) is 0 Å². The molecule has 0 spiro atoms. The standard InChI is InChI=1S/C15H23N3OS/c1-11-4-2-3-5-13(11)17-14(19)10-20-15-16-8-9-18(15)12-6-7-12/h8-9,11-13H,2-7,10H2,1H3,(H,17,19). The van der Waals surface area contributed by atoms with Gasteiger partial charge >= 0.3 is 0 Å². The van der Waals surface area contributed by atoms with Gasteiger partial charge in [-0.05, 0) is 31.6 Å². The van der Waals surface area contributed by atoms with Crippen molar-refractivity contribution in [2.45, 2.75) is 62.7 Å². The predicted octanol–water partition coefficient (Wildman–Crippen LogP) is 3.01. The van der Waals surface area contributed by atoms with Crippen molar-refractivity contribution >= 4 is 17.7 Å². The van der Waals surface area contributed by atoms with E-state index in [1.807, 2.05) is 12.4 Å². The summed E-state index contributed by atoms with van der Waals surface area (Å²) in [6.07, 6.45) is 11.3. The van der Waals surface area contributed by atoms with E-state index in [4.69, 9.17) is 0 Å². The summed E-state index contributed by atoms with van der Waals surface area (Å²) in [5.41, 5.74) is 0. The van der Waals surface area contributed by atoms with E-state index in [0.29, 0.717) is 23.8 Å². The van der Waals surface area contributed by atoms with Crippen LogP contribution >= 0.6 is 11.8 Å². The molecule has 1 amide bonds. The Kier molecular flexibility index (Phi) is 4.34. The maximum atomic E-state index is 12.1. The Balaban J connectivity index is 1.47. The third-order valence-electron chi connectivity index (χ3n) is 4.36. The lowest BCUT2D eigenvalue weighted by Crippen LogP contribution is -2.41. The van der Waals surface area contributed by atoms with Crippen molar-refractivity contribution in [2.24, 2.45) is 5.92 Å². The minimum absolute atomic E-state index is 0.152. The minimum atomic E-state index is 0.152. The first kappa shape index (κ1) is 14.0. The lowest BCUT2D eigenvalue weighted by Gasteiger charge is -2.29. The lowest BCUT2D eigenvalue weighted by molar-refractivity contribution is -0.119. The minimum Gasteiger partial charge on any atom is -0.352 e. The predicted molar refractivity (Wildman–Crippen MR) is 80.8 cm³/mol. The van der Waals surface area contributed by atoms with Gasteiger partial charge in [-0.25, -0.2) is 4.98 Å². The van der Waals surface area contributed by atoms with E-state index in [2.05, 4.69) is 21.8 Å². The molecule has 1 aromatic rings. The van der Waals surface area contributed by atoms with Gasteiger partial charge in [0.1, 0.15) is 0 Å². The molecule has 1 N–H and O–H groups in total. The highest BCUT2D eigenvalue weighted by Gasteiger charge is 2.26. The van der Waals surface area contributed by atoms with Crippen molar-refractivity contribution in [3.05, 3.63) is 12.4 Å². The first-order chi connectivity index (χ1) is 9.74. The molecule has 2 fully saturated rings. The molecule has 2 aliphatic carbocycles. The molecule has 4 nitrogen and oxygen atoms in total. The van der Waals surface area contributed by atoms with Crippen LogP contribution in [0.15, 0.2) is 17.6 Å². The molecule has 2 saturated carbocycles. The van der Waals surface area contributed by atoms with E-state index in [1.165, 1.54) is 32.1 Å². The second-order valence-corrected chi connectivity index (χ2v) is 7.02. The molecule has 2 unspecified atom stereocenters. The molecule has 110 valence electrons. The van der Waals surface area contributed by atoms with E-state index in [1.54, 1.807) is 11.8 Å². The van der Waals surface area contributed by atoms with Crippen LogP contribution in [0.3, 0.4) is 0 Å². The molecule has 2 aliphatic rings. The number of hydrogen-bond acceptors (Lipinski definition) is 3. The topological polar surface area (TPSA) is 46.9 Å². The Bertz CT molecular complexity index is 469. The molecular weight excluding hydrogens is 270 g/mol. The molecule has 1 heterocycles. The zero-order valence-electron chi connectivity index (χ0n) is 12.0. The monoisotopic (exact) mass is 293 g/mol. The van der Waals surface area contributed by atoms with Gasteiger partial charge in [-0.2, -0.15) is 0 Å². The average molecular weight is 293 g/mol. The highest BCUT2D eigenvalue weighted by Crippen LogP contribution is 2.37. The van der Waals surface area contributed by atoms with Crippen LogP contribution in [0.5, 0.6) is 0 Å². The molecule has 2 atom stereocenters. The fraction of sp³-hybridized carbons (Fsp3) is 0.733. The lowest BCUT2D eigenvalue weighted by atomic mass is 9.86. The van der Waals surface area contributed by atoms with Crippen LogP contribution < -0.4 is 5.32 Å². The quantitative estimate of drug-likeness (QED) is 0.849. The molecule has 0 aromatic carbocycles. The number of amides is 1. The van der Waals surface area contributed by atoms with Gasteiger partial charge in [-0.1, -0.05) is 31.5 Å². The number of imidazole rings is 1. The average Bonchev–Trinajstić information content (AvgIpc) is 3.18.